The Kier molecular flexibility index (Phi) is 4.49. The highest BCUT2D eigenvalue weighted by atomic mass is 16.6. The summed E-state index contributed by atoms with van der Waals surface area (Å²) in [5.74, 6) is 0. The van der Waals surface area contributed by atoms with Crippen molar-refractivity contribution in [2.45, 2.75) is 6.54 Å². The van der Waals surface area contributed by atoms with Gasteiger partial charge in [-0.1, -0.05) is 0 Å². The molecule has 1 heterocycles. The van der Waals surface area contributed by atoms with Crippen molar-refractivity contribution in [1.29, 1.82) is 0 Å². The van der Waals surface area contributed by atoms with Crippen LogP contribution in [0.2, 0.25) is 0 Å². The van der Waals surface area contributed by atoms with Crippen LogP contribution in [0.1, 0.15) is 0 Å². The molecule has 0 aliphatic heterocycles. The standard InChI is InChI=1S/C12H15N3O5/c1-19-6-7-20-5-4-14-11-3-2-9(15(17)18)8-10(11)12(16)13-14/h2-3,8H,4-7H2,1H3,(H,13,16). The topological polar surface area (TPSA) is 99.4 Å². The summed E-state index contributed by atoms with van der Waals surface area (Å²) < 4.78 is 11.8. The van der Waals surface area contributed by atoms with E-state index in [2.05, 4.69) is 5.10 Å². The Hall–Kier alpha value is -2.19. The number of rotatable bonds is 7. The first-order valence-corrected chi connectivity index (χ1v) is 6.07. The fraction of sp³-hybridized carbons (Fsp3) is 0.417. The molecule has 0 fully saturated rings. The minimum Gasteiger partial charge on any atom is -0.382 e. The minimum atomic E-state index is -0.524. The van der Waals surface area contributed by atoms with E-state index in [0.717, 1.165) is 0 Å². The van der Waals surface area contributed by atoms with E-state index in [4.69, 9.17) is 9.47 Å². The highest BCUT2D eigenvalue weighted by molar-refractivity contribution is 5.80. The zero-order chi connectivity index (χ0) is 14.5. The summed E-state index contributed by atoms with van der Waals surface area (Å²) in [7, 11) is 1.59. The number of methoxy groups -OCH3 is 1. The third-order valence-corrected chi connectivity index (χ3v) is 2.85. The summed E-state index contributed by atoms with van der Waals surface area (Å²) in [5, 5.41) is 13.6. The minimum absolute atomic E-state index is 0.0999. The quantitative estimate of drug-likeness (QED) is 0.462. The van der Waals surface area contributed by atoms with E-state index < -0.39 is 4.92 Å². The molecule has 8 heteroatoms. The molecule has 1 aromatic carbocycles. The summed E-state index contributed by atoms with van der Waals surface area (Å²) in [6.07, 6.45) is 0. The number of aromatic amines is 1. The summed E-state index contributed by atoms with van der Waals surface area (Å²) >= 11 is 0. The van der Waals surface area contributed by atoms with Crippen molar-refractivity contribution in [3.05, 3.63) is 38.7 Å². The Bertz CT molecular complexity index is 661. The molecule has 0 amide bonds. The first kappa shape index (κ1) is 14.2. The second-order valence-electron chi connectivity index (χ2n) is 4.16. The van der Waals surface area contributed by atoms with Crippen molar-refractivity contribution < 1.29 is 14.4 Å². The van der Waals surface area contributed by atoms with Crippen LogP contribution in [0.15, 0.2) is 23.0 Å². The van der Waals surface area contributed by atoms with Crippen LogP contribution in [0.4, 0.5) is 5.69 Å². The maximum Gasteiger partial charge on any atom is 0.272 e. The lowest BCUT2D eigenvalue weighted by Crippen LogP contribution is -2.12. The van der Waals surface area contributed by atoms with Gasteiger partial charge in [0.2, 0.25) is 0 Å². The molecule has 0 saturated carbocycles. The number of hydrogen-bond donors (Lipinski definition) is 1. The fourth-order valence-corrected chi connectivity index (χ4v) is 1.87. The molecular weight excluding hydrogens is 266 g/mol. The van der Waals surface area contributed by atoms with Crippen molar-refractivity contribution in [2.75, 3.05) is 26.9 Å². The van der Waals surface area contributed by atoms with Crippen LogP contribution in [0.3, 0.4) is 0 Å². The average Bonchev–Trinajstić information content (AvgIpc) is 2.75. The molecule has 2 aromatic rings. The Balaban J connectivity index is 2.15. The largest absolute Gasteiger partial charge is 0.382 e. The van der Waals surface area contributed by atoms with E-state index in [1.807, 2.05) is 0 Å². The third kappa shape index (κ3) is 3.03. The van der Waals surface area contributed by atoms with Crippen LogP contribution in [-0.2, 0) is 16.0 Å². The van der Waals surface area contributed by atoms with Gasteiger partial charge >= 0.3 is 0 Å². The first-order chi connectivity index (χ1) is 9.63. The molecule has 108 valence electrons. The number of nitrogens with one attached hydrogen (secondary N) is 1. The number of nitro groups is 1. The monoisotopic (exact) mass is 281 g/mol. The van der Waals surface area contributed by atoms with Crippen LogP contribution in [0, 0.1) is 10.1 Å². The number of aromatic nitrogens is 2. The van der Waals surface area contributed by atoms with Gasteiger partial charge in [-0.25, -0.2) is 0 Å². The van der Waals surface area contributed by atoms with E-state index in [1.165, 1.54) is 12.1 Å². The third-order valence-electron chi connectivity index (χ3n) is 2.85. The van der Waals surface area contributed by atoms with Crippen molar-refractivity contribution in [2.24, 2.45) is 0 Å². The molecule has 1 N–H and O–H groups in total. The van der Waals surface area contributed by atoms with E-state index in [0.29, 0.717) is 37.3 Å². The van der Waals surface area contributed by atoms with Gasteiger partial charge in [0.15, 0.2) is 0 Å². The molecule has 0 bridgehead atoms. The van der Waals surface area contributed by atoms with Gasteiger partial charge in [0, 0.05) is 19.2 Å². The average molecular weight is 281 g/mol. The van der Waals surface area contributed by atoms with Crippen LogP contribution >= 0.6 is 0 Å². The van der Waals surface area contributed by atoms with Gasteiger partial charge in [-0.15, -0.1) is 0 Å². The first-order valence-electron chi connectivity index (χ1n) is 6.07. The summed E-state index contributed by atoms with van der Waals surface area (Å²) in [5.41, 5.74) is 0.175. The fourth-order valence-electron chi connectivity index (χ4n) is 1.87. The van der Waals surface area contributed by atoms with Crippen LogP contribution < -0.4 is 5.56 Å². The zero-order valence-electron chi connectivity index (χ0n) is 11.0. The molecule has 0 atom stereocenters. The molecule has 20 heavy (non-hydrogen) atoms. The number of ether oxygens (including phenoxy) is 2. The van der Waals surface area contributed by atoms with Crippen LogP contribution in [0.5, 0.6) is 0 Å². The molecule has 0 saturated heterocycles. The molecule has 0 aliphatic rings. The van der Waals surface area contributed by atoms with Crippen LogP contribution in [-0.4, -0.2) is 41.6 Å². The molecule has 0 aliphatic carbocycles. The number of nitro benzene ring substituents is 1. The van der Waals surface area contributed by atoms with Crippen molar-refractivity contribution in [3.8, 4) is 0 Å². The lowest BCUT2D eigenvalue weighted by atomic mass is 10.2. The van der Waals surface area contributed by atoms with Gasteiger partial charge in [0.05, 0.1) is 42.2 Å². The Morgan fingerprint density at radius 3 is 2.85 bits per heavy atom. The number of fused-ring (bicyclic) bond motifs is 1. The predicted octanol–water partition coefficient (Wildman–Crippen LogP) is 0.901. The lowest BCUT2D eigenvalue weighted by molar-refractivity contribution is -0.384. The Morgan fingerprint density at radius 1 is 1.35 bits per heavy atom. The molecule has 2 rings (SSSR count). The number of hydrogen-bond acceptors (Lipinski definition) is 5. The molecule has 1 aromatic heterocycles. The maximum atomic E-state index is 11.7. The van der Waals surface area contributed by atoms with Gasteiger partial charge in [-0.3, -0.25) is 24.7 Å². The number of nitrogens with zero attached hydrogens (tertiary/aromatic N) is 2. The molecule has 0 radical (unpaired) electrons. The molecule has 8 nitrogen and oxygen atoms in total. The summed E-state index contributed by atoms with van der Waals surface area (Å²) in [6.45, 7) is 1.86. The van der Waals surface area contributed by atoms with Crippen molar-refractivity contribution in [1.82, 2.24) is 9.78 Å². The van der Waals surface area contributed by atoms with Crippen molar-refractivity contribution in [3.63, 3.8) is 0 Å². The second kappa shape index (κ2) is 6.31. The highest BCUT2D eigenvalue weighted by Crippen LogP contribution is 2.17. The van der Waals surface area contributed by atoms with Gasteiger partial charge in [0.1, 0.15) is 0 Å². The summed E-state index contributed by atoms with van der Waals surface area (Å²) in [4.78, 5) is 21.9. The van der Waals surface area contributed by atoms with Gasteiger partial charge in [0.25, 0.3) is 11.2 Å². The second-order valence-corrected chi connectivity index (χ2v) is 4.16. The van der Waals surface area contributed by atoms with Gasteiger partial charge < -0.3 is 9.47 Å². The van der Waals surface area contributed by atoms with E-state index >= 15 is 0 Å². The van der Waals surface area contributed by atoms with E-state index in [-0.39, 0.29) is 11.2 Å². The Morgan fingerprint density at radius 2 is 2.15 bits per heavy atom. The molecular formula is C12H15N3O5. The summed E-state index contributed by atoms with van der Waals surface area (Å²) in [6, 6.07) is 4.20. The Labute approximate surface area is 114 Å². The van der Waals surface area contributed by atoms with Gasteiger partial charge in [-0.05, 0) is 6.07 Å². The van der Waals surface area contributed by atoms with E-state index in [1.54, 1.807) is 17.9 Å². The molecule has 0 spiro atoms. The molecule has 0 unspecified atom stereocenters. The van der Waals surface area contributed by atoms with E-state index in [9.17, 15) is 14.9 Å². The number of benzene rings is 1. The van der Waals surface area contributed by atoms with Gasteiger partial charge in [-0.2, -0.15) is 0 Å². The lowest BCUT2D eigenvalue weighted by Gasteiger charge is -2.05. The van der Waals surface area contributed by atoms with Crippen molar-refractivity contribution >= 4 is 16.6 Å². The number of H-pyrrole nitrogens is 1. The number of non-ortho nitro benzene ring substituents is 1. The predicted molar refractivity (Wildman–Crippen MR) is 71.9 cm³/mol. The maximum absolute atomic E-state index is 11.7. The highest BCUT2D eigenvalue weighted by Gasteiger charge is 2.12. The normalized spacial score (nSPS) is 11.1. The SMILES string of the molecule is COCCOCCn1[nH]c(=O)c2cc([N+](=O)[O-])ccc21. The zero-order valence-corrected chi connectivity index (χ0v) is 11.0. The smallest absolute Gasteiger partial charge is 0.272 e. The van der Waals surface area contributed by atoms with Crippen LogP contribution in [0.25, 0.3) is 10.9 Å².